The molecule has 0 atom stereocenters. The van der Waals surface area contributed by atoms with Gasteiger partial charge in [-0.1, -0.05) is 11.6 Å². The van der Waals surface area contributed by atoms with E-state index in [0.717, 1.165) is 11.0 Å². The summed E-state index contributed by atoms with van der Waals surface area (Å²) in [4.78, 5) is 37.8. The fourth-order valence-corrected chi connectivity index (χ4v) is 3.81. The highest BCUT2D eigenvalue weighted by molar-refractivity contribution is 7.92. The molecule has 1 amide bonds. The van der Waals surface area contributed by atoms with Gasteiger partial charge in [-0.05, 0) is 18.2 Å². The molecular weight excluding hydrogens is 487 g/mol. The number of amides is 1. The van der Waals surface area contributed by atoms with E-state index in [1.54, 1.807) is 0 Å². The Bertz CT molecular complexity index is 1320. The van der Waals surface area contributed by atoms with Crippen LogP contribution in [-0.2, 0) is 21.0 Å². The summed E-state index contributed by atoms with van der Waals surface area (Å²) in [5, 5.41) is -0.606. The maximum Gasteiger partial charge on any atom is 0.433 e. The molecule has 0 saturated heterocycles. The predicted molar refractivity (Wildman–Crippen MR) is 104 cm³/mol. The van der Waals surface area contributed by atoms with Gasteiger partial charge < -0.3 is 5.84 Å². The first-order valence-corrected chi connectivity index (χ1v) is 10.6. The second-order valence-electron chi connectivity index (χ2n) is 5.83. The summed E-state index contributed by atoms with van der Waals surface area (Å²) in [7, 11) is -4.36. The second-order valence-corrected chi connectivity index (χ2v) is 8.46. The van der Waals surface area contributed by atoms with Crippen molar-refractivity contribution in [3.63, 3.8) is 0 Å². The van der Waals surface area contributed by atoms with Crippen LogP contribution in [0.25, 0.3) is 5.69 Å². The van der Waals surface area contributed by atoms with E-state index in [2.05, 4.69) is 0 Å². The van der Waals surface area contributed by atoms with E-state index in [9.17, 15) is 40.4 Å². The lowest BCUT2D eigenvalue weighted by atomic mass is 10.2. The lowest BCUT2D eigenvalue weighted by Crippen LogP contribution is -2.45. The molecular formula is C15H10AlClF4N4O5S. The van der Waals surface area contributed by atoms with Crippen molar-refractivity contribution in [1.29, 1.82) is 0 Å². The van der Waals surface area contributed by atoms with E-state index in [0.29, 0.717) is 18.4 Å². The average Bonchev–Trinajstić information content (AvgIpc) is 2.59. The van der Waals surface area contributed by atoms with Crippen molar-refractivity contribution in [2.45, 2.75) is 6.18 Å². The Hall–Kier alpha value is -2.60. The molecule has 0 fully saturated rings. The van der Waals surface area contributed by atoms with Gasteiger partial charge in [-0.25, -0.2) is 31.2 Å². The summed E-state index contributed by atoms with van der Waals surface area (Å²) >= 11 is 7.87. The van der Waals surface area contributed by atoms with Gasteiger partial charge in [-0.15, -0.1) is 0 Å². The predicted octanol–water partition coefficient (Wildman–Crippen LogP) is 0.499. The van der Waals surface area contributed by atoms with Gasteiger partial charge >= 0.3 is 11.9 Å². The number of hydrogen-bond acceptors (Lipinski definition) is 6. The monoisotopic (exact) mass is 496 g/mol. The summed E-state index contributed by atoms with van der Waals surface area (Å²) in [6.45, 7) is 0. The Morgan fingerprint density at radius 3 is 2.32 bits per heavy atom. The highest BCUT2D eigenvalue weighted by Gasteiger charge is 2.36. The molecule has 0 unspecified atom stereocenters. The van der Waals surface area contributed by atoms with Crippen LogP contribution in [0.15, 0.2) is 38.8 Å². The number of alkyl halides is 3. The van der Waals surface area contributed by atoms with E-state index >= 15 is 0 Å². The molecule has 1 aromatic heterocycles. The number of sulfonamides is 1. The molecule has 0 saturated carbocycles. The van der Waals surface area contributed by atoms with Crippen LogP contribution in [0.4, 0.5) is 23.2 Å². The zero-order valence-corrected chi connectivity index (χ0v) is 17.9. The fourth-order valence-electron chi connectivity index (χ4n) is 2.46. The molecule has 2 N–H and O–H groups in total. The normalized spacial score (nSPS) is 12.3. The number of benzene rings is 1. The number of rotatable bonds is 4. The number of hydrogen-bond donors (Lipinski definition) is 1. The first-order chi connectivity index (χ1) is 14.1. The molecule has 2 radical (unpaired) electrons. The van der Waals surface area contributed by atoms with Gasteiger partial charge in [0.05, 0.1) is 22.7 Å². The largest absolute Gasteiger partial charge is 0.433 e. The number of nitrogen functional groups attached to an aromatic ring is 1. The van der Waals surface area contributed by atoms with Crippen molar-refractivity contribution in [3.8, 4) is 5.69 Å². The zero-order valence-electron chi connectivity index (χ0n) is 15.2. The molecule has 16 heteroatoms. The van der Waals surface area contributed by atoms with Gasteiger partial charge in [0.2, 0.25) is 10.0 Å². The molecule has 0 bridgehead atoms. The summed E-state index contributed by atoms with van der Waals surface area (Å²) in [6.07, 6.45) is -3.74. The molecule has 0 aliphatic carbocycles. The lowest BCUT2D eigenvalue weighted by Gasteiger charge is -2.21. The third kappa shape index (κ3) is 4.85. The molecule has 31 heavy (non-hydrogen) atoms. The van der Waals surface area contributed by atoms with Crippen LogP contribution in [0.3, 0.4) is 0 Å². The van der Waals surface area contributed by atoms with E-state index in [-0.39, 0.29) is 14.9 Å². The molecule has 0 aliphatic heterocycles. The van der Waals surface area contributed by atoms with Crippen molar-refractivity contribution >= 4 is 49.5 Å². The van der Waals surface area contributed by atoms with Crippen molar-refractivity contribution in [3.05, 3.63) is 66.6 Å². The third-order valence-corrected chi connectivity index (χ3v) is 5.21. The molecule has 1 heterocycles. The highest BCUT2D eigenvalue weighted by Crippen LogP contribution is 2.32. The van der Waals surface area contributed by atoms with Crippen molar-refractivity contribution < 1.29 is 30.8 Å². The highest BCUT2D eigenvalue weighted by atomic mass is 35.5. The number of halogens is 5. The second kappa shape index (κ2) is 8.50. The molecule has 164 valence electrons. The Morgan fingerprint density at radius 1 is 1.26 bits per heavy atom. The van der Waals surface area contributed by atoms with E-state index in [4.69, 9.17) is 17.4 Å². The maximum atomic E-state index is 14.5. The Kier molecular flexibility index (Phi) is 6.77. The number of nitrogens with zero attached hydrogens (tertiary/aromatic N) is 3. The van der Waals surface area contributed by atoms with E-state index in [1.807, 2.05) is 16.3 Å². The number of nitrogens with two attached hydrogens (primary N) is 1. The molecule has 0 spiro atoms. The topological polar surface area (TPSA) is 124 Å². The lowest BCUT2D eigenvalue weighted by molar-refractivity contribution is -0.143. The van der Waals surface area contributed by atoms with Gasteiger partial charge in [0.1, 0.15) is 5.82 Å². The van der Waals surface area contributed by atoms with Crippen LogP contribution in [0, 0.1) is 5.82 Å². The van der Waals surface area contributed by atoms with Crippen LogP contribution in [0.5, 0.6) is 0 Å². The van der Waals surface area contributed by atoms with Crippen LogP contribution in [-0.4, -0.2) is 46.1 Å². The van der Waals surface area contributed by atoms with Gasteiger partial charge in [0.15, 0.2) is 22.0 Å². The Morgan fingerprint density at radius 2 is 1.84 bits per heavy atom. The van der Waals surface area contributed by atoms with Crippen molar-refractivity contribution in [2.75, 3.05) is 16.4 Å². The van der Waals surface area contributed by atoms with Crippen LogP contribution < -0.4 is 21.4 Å². The zero-order chi connectivity index (χ0) is 23.9. The fraction of sp³-hybridized carbons (Fsp3) is 0.133. The van der Waals surface area contributed by atoms with Crippen molar-refractivity contribution in [2.24, 2.45) is 0 Å². The van der Waals surface area contributed by atoms with Crippen LogP contribution in [0.2, 0.25) is 5.02 Å². The Balaban J connectivity index is 2.92. The molecule has 2 aromatic rings. The van der Waals surface area contributed by atoms with Crippen LogP contribution in [0.1, 0.15) is 5.69 Å². The standard InChI is InChI=1S/C15H10ClF4N4O5S.Al/c1-3-12(25)24(30(2,28)29)9-5-10(8(17)4-7(9)16)22-13(26)6-11(15(18,19)20)23(21)14(22)27;/h1,3-6H,21H2,2H3;. The van der Waals surface area contributed by atoms with Crippen LogP contribution >= 0.6 is 11.6 Å². The minimum atomic E-state index is -5.17. The number of anilines is 1. The summed E-state index contributed by atoms with van der Waals surface area (Å²) < 4.78 is 77.2. The maximum absolute atomic E-state index is 14.5. The average molecular weight is 497 g/mol. The molecule has 2 rings (SSSR count). The van der Waals surface area contributed by atoms with E-state index in [1.165, 1.54) is 0 Å². The van der Waals surface area contributed by atoms with E-state index < -0.39 is 65.9 Å². The number of carbonyl (C=O) groups excluding carboxylic acids is 1. The molecule has 9 nitrogen and oxygen atoms in total. The first kappa shape index (κ1) is 24.7. The first-order valence-electron chi connectivity index (χ1n) is 7.74. The Labute approximate surface area is 184 Å². The summed E-state index contributed by atoms with van der Waals surface area (Å²) in [6, 6.07) is 0.974. The third-order valence-electron chi connectivity index (χ3n) is 3.67. The van der Waals surface area contributed by atoms with Gasteiger partial charge in [-0.3, -0.25) is 9.59 Å². The minimum absolute atomic E-state index is 0.0500. The molecule has 1 aromatic carbocycles. The van der Waals surface area contributed by atoms with Gasteiger partial charge in [0.25, 0.3) is 11.5 Å². The SMILES string of the molecule is CS(=O)(=O)N(C(=O)/C=[CH]/[Al])c1cc(-n2c(=O)cc(C(F)(F)F)n(N)c2=O)c(F)cc1Cl. The van der Waals surface area contributed by atoms with Crippen molar-refractivity contribution in [1.82, 2.24) is 9.24 Å². The minimum Gasteiger partial charge on any atom is -0.335 e. The smallest absolute Gasteiger partial charge is 0.335 e. The summed E-state index contributed by atoms with van der Waals surface area (Å²) in [5.74, 6) is 2.59. The molecule has 0 aliphatic rings. The van der Waals surface area contributed by atoms with Gasteiger partial charge in [0, 0.05) is 6.07 Å². The summed E-state index contributed by atoms with van der Waals surface area (Å²) in [5.41, 5.74) is -6.85. The number of carbonyl (C=O) groups is 1. The quantitative estimate of drug-likeness (QED) is 0.284. The number of aromatic nitrogens is 2. The van der Waals surface area contributed by atoms with Gasteiger partial charge in [-0.2, -0.15) is 18.1 Å².